The highest BCUT2D eigenvalue weighted by atomic mass is 32.2. The molecule has 4 aromatic rings. The number of rotatable bonds is 7. The Morgan fingerprint density at radius 3 is 1.82 bits per heavy atom. The molecule has 4 rings (SSSR count). The average molecular weight is 470 g/mol. The highest BCUT2D eigenvalue weighted by Gasteiger charge is 2.19. The highest BCUT2D eigenvalue weighted by molar-refractivity contribution is 8.00. The maximum absolute atomic E-state index is 12.7. The maximum atomic E-state index is 12.7. The molecule has 170 valence electrons. The van der Waals surface area contributed by atoms with Gasteiger partial charge in [0.2, 0.25) is 17.0 Å². The molecule has 0 fully saturated rings. The van der Waals surface area contributed by atoms with Crippen molar-refractivity contribution in [1.29, 1.82) is 0 Å². The molecule has 34 heavy (non-hydrogen) atoms. The molecule has 2 amide bonds. The van der Waals surface area contributed by atoms with Crippen LogP contribution in [0.4, 0.5) is 11.4 Å². The van der Waals surface area contributed by atoms with E-state index in [9.17, 15) is 9.59 Å². The Morgan fingerprint density at radius 1 is 0.735 bits per heavy atom. The average Bonchev–Trinajstić information content (AvgIpc) is 2.86. The van der Waals surface area contributed by atoms with Crippen LogP contribution in [0.1, 0.15) is 13.8 Å². The van der Waals surface area contributed by atoms with Gasteiger partial charge in [0.15, 0.2) is 0 Å². The Bertz CT molecular complexity index is 1280. The van der Waals surface area contributed by atoms with Crippen molar-refractivity contribution < 1.29 is 9.59 Å². The van der Waals surface area contributed by atoms with Gasteiger partial charge in [-0.25, -0.2) is 4.98 Å². The van der Waals surface area contributed by atoms with Gasteiger partial charge in [0, 0.05) is 29.4 Å². The van der Waals surface area contributed by atoms with Crippen LogP contribution in [-0.4, -0.2) is 32.2 Å². The zero-order valence-corrected chi connectivity index (χ0v) is 19.5. The molecule has 8 heteroatoms. The lowest BCUT2D eigenvalue weighted by Gasteiger charge is -2.13. The van der Waals surface area contributed by atoms with Crippen molar-refractivity contribution >= 4 is 35.0 Å². The second kappa shape index (κ2) is 10.7. The minimum atomic E-state index is -0.456. The number of hydrogen-bond acceptors (Lipinski definition) is 6. The molecule has 0 bridgehead atoms. The zero-order chi connectivity index (χ0) is 23.9. The van der Waals surface area contributed by atoms with E-state index in [1.165, 1.54) is 18.7 Å². The minimum Gasteiger partial charge on any atom is -0.326 e. The van der Waals surface area contributed by atoms with E-state index in [4.69, 9.17) is 4.98 Å². The first-order valence-electron chi connectivity index (χ1n) is 10.7. The minimum absolute atomic E-state index is 0.149. The van der Waals surface area contributed by atoms with Crippen molar-refractivity contribution in [1.82, 2.24) is 15.2 Å². The third kappa shape index (κ3) is 5.85. The molecule has 0 aliphatic carbocycles. The summed E-state index contributed by atoms with van der Waals surface area (Å²) in [5, 5.41) is 14.3. The molecule has 0 radical (unpaired) electrons. The molecule has 0 spiro atoms. The van der Waals surface area contributed by atoms with Crippen LogP contribution in [0.3, 0.4) is 0 Å². The standard InChI is InChI=1S/C26H23N5O2S/c1-17(25(33)28-22-15-13-21(14-16-22)27-18(2)32)34-26-29-23(19-9-5-3-6-10-19)24(30-31-26)20-11-7-4-8-12-20/h3-17H,1-2H3,(H,27,32)(H,28,33)/t17-/m1/s1. The fraction of sp³-hybridized carbons (Fsp3) is 0.115. The van der Waals surface area contributed by atoms with Gasteiger partial charge < -0.3 is 10.6 Å². The van der Waals surface area contributed by atoms with Gasteiger partial charge in [-0.2, -0.15) is 0 Å². The second-order valence-electron chi connectivity index (χ2n) is 7.53. The second-order valence-corrected chi connectivity index (χ2v) is 8.84. The summed E-state index contributed by atoms with van der Waals surface area (Å²) < 4.78 is 0. The van der Waals surface area contributed by atoms with Crippen molar-refractivity contribution in [2.45, 2.75) is 24.3 Å². The molecule has 0 saturated carbocycles. The van der Waals surface area contributed by atoms with Crippen LogP contribution in [0.5, 0.6) is 0 Å². The van der Waals surface area contributed by atoms with E-state index in [1.807, 2.05) is 60.7 Å². The molecule has 0 aliphatic heterocycles. The highest BCUT2D eigenvalue weighted by Crippen LogP contribution is 2.30. The first-order valence-corrected chi connectivity index (χ1v) is 11.6. The van der Waals surface area contributed by atoms with E-state index in [2.05, 4.69) is 20.8 Å². The largest absolute Gasteiger partial charge is 0.326 e. The number of aromatic nitrogens is 3. The monoisotopic (exact) mass is 469 g/mol. The van der Waals surface area contributed by atoms with E-state index < -0.39 is 5.25 Å². The van der Waals surface area contributed by atoms with Gasteiger partial charge in [-0.15, -0.1) is 10.2 Å². The number of nitrogens with zero attached hydrogens (tertiary/aromatic N) is 3. The summed E-state index contributed by atoms with van der Waals surface area (Å²) in [4.78, 5) is 28.7. The number of thioether (sulfide) groups is 1. The Kier molecular flexibility index (Phi) is 7.29. The molecule has 1 atom stereocenters. The van der Waals surface area contributed by atoms with E-state index in [0.29, 0.717) is 27.9 Å². The Hall–Kier alpha value is -4.04. The molecular weight excluding hydrogens is 446 g/mol. The number of amides is 2. The molecule has 0 saturated heterocycles. The molecule has 0 aliphatic rings. The van der Waals surface area contributed by atoms with E-state index in [0.717, 1.165) is 11.1 Å². The summed E-state index contributed by atoms with van der Waals surface area (Å²) in [6.45, 7) is 3.24. The van der Waals surface area contributed by atoms with E-state index in [1.54, 1.807) is 31.2 Å². The van der Waals surface area contributed by atoms with Crippen molar-refractivity contribution in [3.05, 3.63) is 84.9 Å². The van der Waals surface area contributed by atoms with Gasteiger partial charge in [0.1, 0.15) is 11.4 Å². The Labute approximate surface area is 202 Å². The Balaban J connectivity index is 1.52. The number of carbonyl (C=O) groups excluding carboxylic acids is 2. The SMILES string of the molecule is CC(=O)Nc1ccc(NC(=O)[C@@H](C)Sc2nnc(-c3ccccc3)c(-c3ccccc3)n2)cc1. The van der Waals surface area contributed by atoms with Crippen molar-refractivity contribution in [2.75, 3.05) is 10.6 Å². The third-order valence-corrected chi connectivity index (χ3v) is 5.84. The van der Waals surface area contributed by atoms with Crippen LogP contribution in [0.2, 0.25) is 0 Å². The van der Waals surface area contributed by atoms with Gasteiger partial charge >= 0.3 is 0 Å². The first-order chi connectivity index (χ1) is 16.5. The van der Waals surface area contributed by atoms with E-state index in [-0.39, 0.29) is 11.8 Å². The summed E-state index contributed by atoms with van der Waals surface area (Å²) in [5.74, 6) is -0.335. The number of anilines is 2. The molecular formula is C26H23N5O2S. The summed E-state index contributed by atoms with van der Waals surface area (Å²) in [5.41, 5.74) is 4.55. The van der Waals surface area contributed by atoms with Crippen LogP contribution >= 0.6 is 11.8 Å². The smallest absolute Gasteiger partial charge is 0.237 e. The molecule has 1 heterocycles. The lowest BCUT2D eigenvalue weighted by molar-refractivity contribution is -0.115. The predicted octanol–water partition coefficient (Wildman–Crippen LogP) is 5.28. The van der Waals surface area contributed by atoms with Crippen LogP contribution < -0.4 is 10.6 Å². The molecule has 2 N–H and O–H groups in total. The molecule has 3 aromatic carbocycles. The van der Waals surface area contributed by atoms with Crippen molar-refractivity contribution in [2.24, 2.45) is 0 Å². The van der Waals surface area contributed by atoms with Crippen LogP contribution in [0, 0.1) is 0 Å². The van der Waals surface area contributed by atoms with Gasteiger partial charge in [0.25, 0.3) is 0 Å². The van der Waals surface area contributed by atoms with Crippen molar-refractivity contribution in [3.63, 3.8) is 0 Å². The summed E-state index contributed by atoms with van der Waals surface area (Å²) in [6.07, 6.45) is 0. The van der Waals surface area contributed by atoms with Gasteiger partial charge in [0.05, 0.1) is 5.25 Å². The van der Waals surface area contributed by atoms with Gasteiger partial charge in [-0.3, -0.25) is 9.59 Å². The summed E-state index contributed by atoms with van der Waals surface area (Å²) in [7, 11) is 0. The third-order valence-electron chi connectivity index (χ3n) is 4.89. The zero-order valence-electron chi connectivity index (χ0n) is 18.7. The van der Waals surface area contributed by atoms with Crippen molar-refractivity contribution in [3.8, 4) is 22.5 Å². The van der Waals surface area contributed by atoms with Gasteiger partial charge in [-0.05, 0) is 31.2 Å². The fourth-order valence-electron chi connectivity index (χ4n) is 3.24. The van der Waals surface area contributed by atoms with E-state index >= 15 is 0 Å². The quantitative estimate of drug-likeness (QED) is 0.357. The van der Waals surface area contributed by atoms with Crippen LogP contribution in [-0.2, 0) is 9.59 Å². The number of benzene rings is 3. The topological polar surface area (TPSA) is 96.9 Å². The lowest BCUT2D eigenvalue weighted by atomic mass is 10.0. The predicted molar refractivity (Wildman–Crippen MR) is 135 cm³/mol. The molecule has 0 unspecified atom stereocenters. The summed E-state index contributed by atoms with van der Waals surface area (Å²) >= 11 is 1.24. The Morgan fingerprint density at radius 2 is 1.26 bits per heavy atom. The van der Waals surface area contributed by atoms with Crippen LogP contribution in [0.15, 0.2) is 90.1 Å². The maximum Gasteiger partial charge on any atom is 0.237 e. The molecule has 7 nitrogen and oxygen atoms in total. The summed E-state index contributed by atoms with van der Waals surface area (Å²) in [6, 6.07) is 26.5. The normalized spacial score (nSPS) is 11.5. The number of carbonyl (C=O) groups is 2. The molecule has 1 aromatic heterocycles. The first kappa shape index (κ1) is 23.1. The van der Waals surface area contributed by atoms with Crippen LogP contribution in [0.25, 0.3) is 22.5 Å². The van der Waals surface area contributed by atoms with Gasteiger partial charge in [-0.1, -0.05) is 72.4 Å². The number of nitrogens with one attached hydrogen (secondary N) is 2. The fourth-order valence-corrected chi connectivity index (χ4v) is 3.96. The number of hydrogen-bond donors (Lipinski definition) is 2. The lowest BCUT2D eigenvalue weighted by Crippen LogP contribution is -2.22.